The van der Waals surface area contributed by atoms with Crippen molar-refractivity contribution in [2.75, 3.05) is 26.8 Å². The van der Waals surface area contributed by atoms with Crippen molar-refractivity contribution in [1.29, 1.82) is 0 Å². The van der Waals surface area contributed by atoms with E-state index >= 15 is 0 Å². The molecule has 2 aliphatic heterocycles. The van der Waals surface area contributed by atoms with Gasteiger partial charge >= 0.3 is 0 Å². The summed E-state index contributed by atoms with van der Waals surface area (Å²) >= 11 is 0. The Kier molecular flexibility index (Phi) is 3.59. The third-order valence-corrected chi connectivity index (χ3v) is 3.08. The minimum Gasteiger partial charge on any atom is -0.376 e. The fourth-order valence-corrected chi connectivity index (χ4v) is 2.20. The highest BCUT2D eigenvalue weighted by Gasteiger charge is 2.28. The lowest BCUT2D eigenvalue weighted by molar-refractivity contribution is -0.140. The van der Waals surface area contributed by atoms with Crippen LogP contribution in [0.4, 0.5) is 0 Å². The highest BCUT2D eigenvalue weighted by Crippen LogP contribution is 2.17. The van der Waals surface area contributed by atoms with Gasteiger partial charge in [-0.2, -0.15) is 0 Å². The Labute approximate surface area is 90.5 Å². The highest BCUT2D eigenvalue weighted by molar-refractivity contribution is 5.80. The van der Waals surface area contributed by atoms with Crippen LogP contribution in [-0.4, -0.2) is 49.8 Å². The Bertz CT molecular complexity index is 220. The largest absolute Gasteiger partial charge is 0.376 e. The Morgan fingerprint density at radius 1 is 1.27 bits per heavy atom. The molecule has 15 heavy (non-hydrogen) atoms. The Balaban J connectivity index is 1.78. The van der Waals surface area contributed by atoms with Gasteiger partial charge in [-0.05, 0) is 25.7 Å². The summed E-state index contributed by atoms with van der Waals surface area (Å²) in [5, 5.41) is 0. The molecule has 2 aliphatic rings. The first kappa shape index (κ1) is 10.9. The van der Waals surface area contributed by atoms with Crippen LogP contribution in [-0.2, 0) is 14.3 Å². The predicted molar refractivity (Wildman–Crippen MR) is 55.6 cm³/mol. The summed E-state index contributed by atoms with van der Waals surface area (Å²) in [6, 6.07) is 0. The number of ether oxygens (including phenoxy) is 2. The van der Waals surface area contributed by atoms with Crippen molar-refractivity contribution in [3.63, 3.8) is 0 Å². The topological polar surface area (TPSA) is 38.8 Å². The van der Waals surface area contributed by atoms with Crippen molar-refractivity contribution in [2.45, 2.75) is 37.9 Å². The van der Waals surface area contributed by atoms with Crippen LogP contribution in [0.5, 0.6) is 0 Å². The summed E-state index contributed by atoms with van der Waals surface area (Å²) in [6.07, 6.45) is 4.10. The monoisotopic (exact) mass is 213 g/mol. The first-order valence-corrected chi connectivity index (χ1v) is 5.75. The number of rotatable bonds is 3. The number of hydrogen-bond acceptors (Lipinski definition) is 3. The lowest BCUT2D eigenvalue weighted by Crippen LogP contribution is -2.40. The smallest absolute Gasteiger partial charge is 0.251 e. The molecule has 0 spiro atoms. The van der Waals surface area contributed by atoms with Crippen molar-refractivity contribution in [1.82, 2.24) is 4.90 Å². The molecule has 2 fully saturated rings. The maximum atomic E-state index is 11.9. The van der Waals surface area contributed by atoms with Crippen molar-refractivity contribution in [2.24, 2.45) is 0 Å². The standard InChI is InChI=1S/C11H19NO3/c1-12(8-9-4-2-6-14-9)11(13)10-5-3-7-15-10/h9-10H,2-8H2,1H3. The third-order valence-electron chi connectivity index (χ3n) is 3.08. The summed E-state index contributed by atoms with van der Waals surface area (Å²) in [6.45, 7) is 2.27. The lowest BCUT2D eigenvalue weighted by Gasteiger charge is -2.23. The number of carbonyl (C=O) groups is 1. The van der Waals surface area contributed by atoms with Gasteiger partial charge in [0.2, 0.25) is 0 Å². The van der Waals surface area contributed by atoms with Crippen LogP contribution in [0.15, 0.2) is 0 Å². The Morgan fingerprint density at radius 3 is 2.60 bits per heavy atom. The second-order valence-electron chi connectivity index (χ2n) is 4.36. The molecular formula is C11H19NO3. The summed E-state index contributed by atoms with van der Waals surface area (Å²) in [7, 11) is 1.84. The van der Waals surface area contributed by atoms with Gasteiger partial charge in [-0.1, -0.05) is 0 Å². The first-order chi connectivity index (χ1) is 7.27. The van der Waals surface area contributed by atoms with Crippen LogP contribution >= 0.6 is 0 Å². The minimum atomic E-state index is -0.198. The molecule has 0 saturated carbocycles. The normalized spacial score (nSPS) is 30.7. The average molecular weight is 213 g/mol. The van der Waals surface area contributed by atoms with Gasteiger partial charge < -0.3 is 14.4 Å². The van der Waals surface area contributed by atoms with Gasteiger partial charge in [0.05, 0.1) is 6.10 Å². The van der Waals surface area contributed by atoms with Crippen molar-refractivity contribution in [3.8, 4) is 0 Å². The molecule has 2 saturated heterocycles. The number of hydrogen-bond donors (Lipinski definition) is 0. The SMILES string of the molecule is CN(CC1CCCO1)C(=O)C1CCCO1. The van der Waals surface area contributed by atoms with Gasteiger partial charge in [-0.3, -0.25) is 4.79 Å². The lowest BCUT2D eigenvalue weighted by atomic mass is 10.2. The Morgan fingerprint density at radius 2 is 2.00 bits per heavy atom. The third kappa shape index (κ3) is 2.69. The zero-order valence-corrected chi connectivity index (χ0v) is 9.28. The van der Waals surface area contributed by atoms with E-state index in [1.165, 1.54) is 0 Å². The maximum absolute atomic E-state index is 11.9. The number of carbonyl (C=O) groups excluding carboxylic acids is 1. The van der Waals surface area contributed by atoms with Gasteiger partial charge in [-0.25, -0.2) is 0 Å². The maximum Gasteiger partial charge on any atom is 0.251 e. The van der Waals surface area contributed by atoms with E-state index in [1.54, 1.807) is 4.90 Å². The predicted octanol–water partition coefficient (Wildman–Crippen LogP) is 0.803. The van der Waals surface area contributed by atoms with E-state index < -0.39 is 0 Å². The second kappa shape index (κ2) is 4.94. The molecule has 0 N–H and O–H groups in total. The van der Waals surface area contributed by atoms with Crippen LogP contribution in [0.1, 0.15) is 25.7 Å². The molecule has 0 aromatic carbocycles. The average Bonchev–Trinajstić information content (AvgIpc) is 2.88. The van der Waals surface area contributed by atoms with E-state index in [9.17, 15) is 4.79 Å². The second-order valence-corrected chi connectivity index (χ2v) is 4.36. The highest BCUT2D eigenvalue weighted by atomic mass is 16.5. The minimum absolute atomic E-state index is 0.114. The van der Waals surface area contributed by atoms with Crippen molar-refractivity contribution < 1.29 is 14.3 Å². The number of nitrogens with zero attached hydrogens (tertiary/aromatic N) is 1. The van der Waals surface area contributed by atoms with Gasteiger partial charge in [-0.15, -0.1) is 0 Å². The summed E-state index contributed by atoms with van der Waals surface area (Å²) in [5.74, 6) is 0.114. The molecule has 0 aromatic heterocycles. The van der Waals surface area contributed by atoms with E-state index in [-0.39, 0.29) is 18.1 Å². The number of amides is 1. The van der Waals surface area contributed by atoms with E-state index in [0.29, 0.717) is 6.54 Å². The molecule has 0 aliphatic carbocycles. The van der Waals surface area contributed by atoms with Gasteiger partial charge in [0.15, 0.2) is 0 Å². The number of likely N-dealkylation sites (N-methyl/N-ethyl adjacent to an activating group) is 1. The van der Waals surface area contributed by atoms with Crippen LogP contribution in [0, 0.1) is 0 Å². The summed E-state index contributed by atoms with van der Waals surface area (Å²) < 4.78 is 10.9. The van der Waals surface area contributed by atoms with E-state index in [0.717, 1.165) is 38.9 Å². The van der Waals surface area contributed by atoms with Crippen LogP contribution in [0.25, 0.3) is 0 Å². The molecular weight excluding hydrogens is 194 g/mol. The van der Waals surface area contributed by atoms with Gasteiger partial charge in [0, 0.05) is 26.8 Å². The molecule has 4 nitrogen and oxygen atoms in total. The molecule has 0 radical (unpaired) electrons. The summed E-state index contributed by atoms with van der Waals surface area (Å²) in [4.78, 5) is 13.6. The van der Waals surface area contributed by atoms with E-state index in [4.69, 9.17) is 9.47 Å². The molecule has 86 valence electrons. The van der Waals surface area contributed by atoms with Crippen LogP contribution < -0.4 is 0 Å². The van der Waals surface area contributed by atoms with Crippen LogP contribution in [0.2, 0.25) is 0 Å². The molecule has 0 bridgehead atoms. The molecule has 2 unspecified atom stereocenters. The fourth-order valence-electron chi connectivity index (χ4n) is 2.20. The van der Waals surface area contributed by atoms with E-state index in [2.05, 4.69) is 0 Å². The molecule has 2 atom stereocenters. The van der Waals surface area contributed by atoms with Crippen molar-refractivity contribution >= 4 is 5.91 Å². The zero-order chi connectivity index (χ0) is 10.7. The summed E-state index contributed by atoms with van der Waals surface area (Å²) in [5.41, 5.74) is 0. The quantitative estimate of drug-likeness (QED) is 0.696. The van der Waals surface area contributed by atoms with Gasteiger partial charge in [0.1, 0.15) is 6.10 Å². The zero-order valence-electron chi connectivity index (χ0n) is 9.28. The molecule has 2 rings (SSSR count). The first-order valence-electron chi connectivity index (χ1n) is 5.75. The molecule has 0 aromatic rings. The van der Waals surface area contributed by atoms with Crippen LogP contribution in [0.3, 0.4) is 0 Å². The Hall–Kier alpha value is -0.610. The van der Waals surface area contributed by atoms with Crippen molar-refractivity contribution in [3.05, 3.63) is 0 Å². The molecule has 2 heterocycles. The molecule has 4 heteroatoms. The van der Waals surface area contributed by atoms with E-state index in [1.807, 2.05) is 7.05 Å². The fraction of sp³-hybridized carbons (Fsp3) is 0.909. The molecule has 1 amide bonds. The van der Waals surface area contributed by atoms with Gasteiger partial charge in [0.25, 0.3) is 5.91 Å².